The van der Waals surface area contributed by atoms with E-state index in [1.165, 1.54) is 6.42 Å². The van der Waals surface area contributed by atoms with Crippen LogP contribution in [0.4, 0.5) is 5.95 Å². The van der Waals surface area contributed by atoms with E-state index in [0.29, 0.717) is 18.4 Å². The summed E-state index contributed by atoms with van der Waals surface area (Å²) in [6.07, 6.45) is 6.91. The topological polar surface area (TPSA) is 69.0 Å². The SMILES string of the molecule is C.Cc1ccc2nc(NC(=O)C[C@@H]3CCCC(C)(C)O3)n(C3CCC3)c2n1. The number of nitrogens with one attached hydrogen (secondary N) is 1. The van der Waals surface area contributed by atoms with Crippen LogP contribution in [-0.2, 0) is 9.53 Å². The minimum Gasteiger partial charge on any atom is -0.372 e. The van der Waals surface area contributed by atoms with Gasteiger partial charge in [-0.15, -0.1) is 0 Å². The van der Waals surface area contributed by atoms with Gasteiger partial charge in [-0.3, -0.25) is 14.7 Å². The second-order valence-electron chi connectivity index (χ2n) is 8.33. The van der Waals surface area contributed by atoms with Crippen molar-refractivity contribution < 1.29 is 9.53 Å². The van der Waals surface area contributed by atoms with Crippen molar-refractivity contribution in [2.75, 3.05) is 5.32 Å². The third-order valence-electron chi connectivity index (χ3n) is 5.57. The second-order valence-corrected chi connectivity index (χ2v) is 8.33. The van der Waals surface area contributed by atoms with Crippen molar-refractivity contribution in [2.24, 2.45) is 0 Å². The molecule has 2 aromatic heterocycles. The average Bonchev–Trinajstić information content (AvgIpc) is 2.82. The van der Waals surface area contributed by atoms with Crippen molar-refractivity contribution in [1.82, 2.24) is 14.5 Å². The van der Waals surface area contributed by atoms with Gasteiger partial charge in [-0.2, -0.15) is 0 Å². The fraction of sp³-hybridized carbons (Fsp3) is 0.667. The lowest BCUT2D eigenvalue weighted by molar-refractivity contribution is -0.131. The molecule has 1 saturated carbocycles. The fourth-order valence-electron chi connectivity index (χ4n) is 4.00. The number of imidazole rings is 1. The first-order valence-electron chi connectivity index (χ1n) is 9.74. The molecule has 1 N–H and O–H groups in total. The maximum Gasteiger partial charge on any atom is 0.229 e. The van der Waals surface area contributed by atoms with Gasteiger partial charge in [0.25, 0.3) is 0 Å². The van der Waals surface area contributed by atoms with Crippen LogP contribution in [0.3, 0.4) is 0 Å². The Kier molecular flexibility index (Phi) is 5.56. The predicted molar refractivity (Wildman–Crippen MR) is 108 cm³/mol. The van der Waals surface area contributed by atoms with Gasteiger partial charge in [0.15, 0.2) is 5.65 Å². The molecule has 1 aliphatic carbocycles. The number of anilines is 1. The zero-order valence-corrected chi connectivity index (χ0v) is 15.9. The molecular weight excluding hydrogens is 340 g/mol. The lowest BCUT2D eigenvalue weighted by Crippen LogP contribution is -2.37. The highest BCUT2D eigenvalue weighted by molar-refractivity contribution is 5.91. The fourth-order valence-corrected chi connectivity index (χ4v) is 4.00. The molecule has 2 aromatic rings. The summed E-state index contributed by atoms with van der Waals surface area (Å²) < 4.78 is 8.19. The normalized spacial score (nSPS) is 22.1. The van der Waals surface area contributed by atoms with Gasteiger partial charge >= 0.3 is 0 Å². The summed E-state index contributed by atoms with van der Waals surface area (Å²) in [5.41, 5.74) is 2.55. The molecular formula is C21H32N4O2. The molecule has 0 unspecified atom stereocenters. The van der Waals surface area contributed by atoms with Crippen LogP contribution in [0.25, 0.3) is 11.2 Å². The van der Waals surface area contributed by atoms with Crippen molar-refractivity contribution in [3.63, 3.8) is 0 Å². The molecule has 2 aliphatic rings. The zero-order valence-electron chi connectivity index (χ0n) is 15.9. The molecule has 6 nitrogen and oxygen atoms in total. The summed E-state index contributed by atoms with van der Waals surface area (Å²) in [5, 5.41) is 3.04. The largest absolute Gasteiger partial charge is 0.372 e. The third kappa shape index (κ3) is 4.15. The van der Waals surface area contributed by atoms with Gasteiger partial charge in [-0.05, 0) is 71.4 Å². The number of aryl methyl sites for hydroxylation is 1. The monoisotopic (exact) mass is 372 g/mol. The molecule has 148 valence electrons. The standard InChI is InChI=1S/C20H28N4O2.CH4/c1-13-9-10-16-18(21-13)24(14-6-4-7-14)19(22-16)23-17(25)12-15-8-5-11-20(2,3)26-15;/h9-10,14-15H,4-8,11-12H2,1-3H3,(H,22,23,25);1H4/t15-;/m0./s1. The maximum absolute atomic E-state index is 12.7. The molecule has 1 amide bonds. The Hall–Kier alpha value is -1.95. The number of pyridine rings is 1. The first-order chi connectivity index (χ1) is 12.4. The number of aromatic nitrogens is 3. The first-order valence-corrected chi connectivity index (χ1v) is 9.74. The van der Waals surface area contributed by atoms with Crippen LogP contribution in [0, 0.1) is 6.92 Å². The Morgan fingerprint density at radius 3 is 2.70 bits per heavy atom. The van der Waals surface area contributed by atoms with Gasteiger partial charge in [0.05, 0.1) is 18.1 Å². The van der Waals surface area contributed by atoms with Gasteiger partial charge in [0, 0.05) is 11.7 Å². The van der Waals surface area contributed by atoms with E-state index in [9.17, 15) is 4.79 Å². The van der Waals surface area contributed by atoms with Gasteiger partial charge in [0.2, 0.25) is 11.9 Å². The number of hydrogen-bond donors (Lipinski definition) is 1. The van der Waals surface area contributed by atoms with E-state index in [0.717, 1.165) is 49.0 Å². The number of amides is 1. The molecule has 6 heteroatoms. The highest BCUT2D eigenvalue weighted by Crippen LogP contribution is 2.37. The molecule has 0 bridgehead atoms. The quantitative estimate of drug-likeness (QED) is 0.839. The first kappa shape index (κ1) is 19.8. The third-order valence-corrected chi connectivity index (χ3v) is 5.57. The van der Waals surface area contributed by atoms with E-state index >= 15 is 0 Å². The Labute approximate surface area is 161 Å². The van der Waals surface area contributed by atoms with Crippen LogP contribution in [0.15, 0.2) is 12.1 Å². The van der Waals surface area contributed by atoms with Crippen molar-refractivity contribution in [3.05, 3.63) is 17.8 Å². The Morgan fingerprint density at radius 1 is 1.26 bits per heavy atom. The van der Waals surface area contributed by atoms with Crippen LogP contribution in [-0.4, -0.2) is 32.1 Å². The Bertz CT molecular complexity index is 823. The molecule has 3 heterocycles. The number of fused-ring (bicyclic) bond motifs is 1. The Morgan fingerprint density at radius 2 is 2.04 bits per heavy atom. The van der Waals surface area contributed by atoms with Crippen LogP contribution in [0.2, 0.25) is 0 Å². The summed E-state index contributed by atoms with van der Waals surface area (Å²) in [5.74, 6) is 0.600. The predicted octanol–water partition coefficient (Wildman–Crippen LogP) is 4.78. The van der Waals surface area contributed by atoms with Crippen LogP contribution in [0.5, 0.6) is 0 Å². The van der Waals surface area contributed by atoms with Crippen molar-refractivity contribution in [3.8, 4) is 0 Å². The second kappa shape index (κ2) is 7.58. The molecule has 2 fully saturated rings. The molecule has 27 heavy (non-hydrogen) atoms. The minimum atomic E-state index is -0.135. The molecule has 4 rings (SSSR count). The molecule has 0 radical (unpaired) electrons. The zero-order chi connectivity index (χ0) is 18.3. The highest BCUT2D eigenvalue weighted by Gasteiger charge is 2.31. The summed E-state index contributed by atoms with van der Waals surface area (Å²) in [6, 6.07) is 4.33. The summed E-state index contributed by atoms with van der Waals surface area (Å²) in [4.78, 5) is 22.0. The average molecular weight is 373 g/mol. The highest BCUT2D eigenvalue weighted by atomic mass is 16.5. The van der Waals surface area contributed by atoms with E-state index in [-0.39, 0.29) is 25.0 Å². The van der Waals surface area contributed by atoms with Gasteiger partial charge in [-0.1, -0.05) is 7.43 Å². The van der Waals surface area contributed by atoms with E-state index in [4.69, 9.17) is 4.74 Å². The smallest absolute Gasteiger partial charge is 0.229 e. The van der Waals surface area contributed by atoms with Crippen molar-refractivity contribution in [2.45, 2.75) is 90.9 Å². The van der Waals surface area contributed by atoms with Crippen molar-refractivity contribution in [1.29, 1.82) is 0 Å². The van der Waals surface area contributed by atoms with E-state index in [1.54, 1.807) is 0 Å². The lowest BCUT2D eigenvalue weighted by atomic mass is 9.93. The van der Waals surface area contributed by atoms with Gasteiger partial charge in [-0.25, -0.2) is 9.97 Å². The molecule has 1 aliphatic heterocycles. The molecule has 0 aromatic carbocycles. The van der Waals surface area contributed by atoms with Gasteiger partial charge in [0.1, 0.15) is 5.52 Å². The van der Waals surface area contributed by atoms with E-state index in [1.807, 2.05) is 19.1 Å². The van der Waals surface area contributed by atoms with Crippen LogP contribution in [0.1, 0.15) is 78.0 Å². The molecule has 1 atom stereocenters. The van der Waals surface area contributed by atoms with Gasteiger partial charge < -0.3 is 4.74 Å². The maximum atomic E-state index is 12.7. The lowest BCUT2D eigenvalue weighted by Gasteiger charge is -2.35. The van der Waals surface area contributed by atoms with Crippen LogP contribution < -0.4 is 5.32 Å². The number of nitrogens with zero attached hydrogens (tertiary/aromatic N) is 3. The minimum absolute atomic E-state index is 0. The number of ether oxygens (including phenoxy) is 1. The number of hydrogen-bond acceptors (Lipinski definition) is 4. The molecule has 0 spiro atoms. The van der Waals surface area contributed by atoms with E-state index in [2.05, 4.69) is 33.7 Å². The van der Waals surface area contributed by atoms with E-state index < -0.39 is 0 Å². The summed E-state index contributed by atoms with van der Waals surface area (Å²) in [7, 11) is 0. The molecule has 1 saturated heterocycles. The number of carbonyl (C=O) groups excluding carboxylic acids is 1. The van der Waals surface area contributed by atoms with Crippen LogP contribution >= 0.6 is 0 Å². The summed E-state index contributed by atoms with van der Waals surface area (Å²) in [6.45, 7) is 6.18. The number of rotatable bonds is 4. The summed E-state index contributed by atoms with van der Waals surface area (Å²) >= 11 is 0. The number of carbonyl (C=O) groups is 1. The Balaban J connectivity index is 0.00000210. The van der Waals surface area contributed by atoms with Crippen molar-refractivity contribution >= 4 is 23.0 Å².